The minimum Gasteiger partial charge on any atom is -0.454 e. The Balaban J connectivity index is 1.68. The summed E-state index contributed by atoms with van der Waals surface area (Å²) in [5.41, 5.74) is 1.70. The van der Waals surface area contributed by atoms with Crippen LogP contribution in [-0.2, 0) is 9.31 Å². The van der Waals surface area contributed by atoms with Crippen molar-refractivity contribution in [1.29, 1.82) is 0 Å². The lowest BCUT2D eigenvalue weighted by atomic mass is 9.79. The fourth-order valence-corrected chi connectivity index (χ4v) is 3.98. The number of hydrogen-bond acceptors (Lipinski definition) is 3. The Morgan fingerprint density at radius 2 is 1.52 bits per heavy atom. The first-order valence-corrected chi connectivity index (χ1v) is 9.54. The summed E-state index contributed by atoms with van der Waals surface area (Å²) in [6, 6.07) is 16.3. The molecule has 0 spiro atoms. The van der Waals surface area contributed by atoms with Crippen molar-refractivity contribution in [3.05, 3.63) is 53.6 Å². The maximum absolute atomic E-state index is 6.64. The molecule has 5 rings (SSSR count). The molecular weight excluding hydrogens is 359 g/mol. The molecule has 1 saturated heterocycles. The molecule has 4 aromatic rings. The molecule has 0 N–H and O–H groups in total. The van der Waals surface area contributed by atoms with Crippen LogP contribution in [0, 0.1) is 0 Å². The molecule has 0 aliphatic carbocycles. The average molecular weight is 379 g/mol. The average Bonchev–Trinajstić information content (AvgIpc) is 3.09. The second-order valence-electron chi connectivity index (χ2n) is 8.23. The Labute approximate surface area is 163 Å². The highest BCUT2D eigenvalue weighted by atomic mass is 35.5. The van der Waals surface area contributed by atoms with E-state index < -0.39 is 7.12 Å². The van der Waals surface area contributed by atoms with Crippen LogP contribution in [0.5, 0.6) is 0 Å². The molecule has 1 aromatic heterocycles. The second kappa shape index (κ2) is 5.51. The van der Waals surface area contributed by atoms with Gasteiger partial charge in [0.1, 0.15) is 5.58 Å². The van der Waals surface area contributed by atoms with Gasteiger partial charge >= 0.3 is 7.12 Å². The van der Waals surface area contributed by atoms with Gasteiger partial charge in [-0.1, -0.05) is 48.0 Å². The van der Waals surface area contributed by atoms with Gasteiger partial charge in [-0.05, 0) is 50.7 Å². The van der Waals surface area contributed by atoms with Crippen LogP contribution in [-0.4, -0.2) is 18.3 Å². The third kappa shape index (κ3) is 2.44. The van der Waals surface area contributed by atoms with Gasteiger partial charge in [0.15, 0.2) is 5.58 Å². The number of fused-ring (bicyclic) bond motifs is 4. The minimum atomic E-state index is -0.415. The highest BCUT2D eigenvalue weighted by molar-refractivity contribution is 6.62. The van der Waals surface area contributed by atoms with Crippen molar-refractivity contribution < 1.29 is 13.7 Å². The Morgan fingerprint density at radius 3 is 2.26 bits per heavy atom. The van der Waals surface area contributed by atoms with E-state index in [1.54, 1.807) is 0 Å². The van der Waals surface area contributed by atoms with Crippen LogP contribution < -0.4 is 5.46 Å². The zero-order valence-corrected chi connectivity index (χ0v) is 16.6. The molecule has 5 heteroatoms. The van der Waals surface area contributed by atoms with Crippen LogP contribution in [0.25, 0.3) is 32.7 Å². The summed E-state index contributed by atoms with van der Waals surface area (Å²) in [6.07, 6.45) is 0. The van der Waals surface area contributed by atoms with Crippen LogP contribution in [0.3, 0.4) is 0 Å². The van der Waals surface area contributed by atoms with E-state index >= 15 is 0 Å². The first-order valence-electron chi connectivity index (χ1n) is 9.16. The molecule has 0 atom stereocenters. The zero-order chi connectivity index (χ0) is 19.0. The molecule has 2 heterocycles. The van der Waals surface area contributed by atoms with Crippen molar-refractivity contribution in [1.82, 2.24) is 0 Å². The Morgan fingerprint density at radius 1 is 0.815 bits per heavy atom. The van der Waals surface area contributed by atoms with Gasteiger partial charge in [-0.2, -0.15) is 0 Å². The molecule has 27 heavy (non-hydrogen) atoms. The van der Waals surface area contributed by atoms with Gasteiger partial charge in [-0.25, -0.2) is 0 Å². The lowest BCUT2D eigenvalue weighted by Crippen LogP contribution is -2.41. The monoisotopic (exact) mass is 378 g/mol. The van der Waals surface area contributed by atoms with Crippen molar-refractivity contribution in [3.63, 3.8) is 0 Å². The summed E-state index contributed by atoms with van der Waals surface area (Å²) < 4.78 is 18.5. The first-order chi connectivity index (χ1) is 12.8. The van der Waals surface area contributed by atoms with Crippen molar-refractivity contribution >= 4 is 56.9 Å². The summed E-state index contributed by atoms with van der Waals surface area (Å²) >= 11 is 6.64. The van der Waals surface area contributed by atoms with Gasteiger partial charge in [0.25, 0.3) is 0 Å². The van der Waals surface area contributed by atoms with Gasteiger partial charge in [0.2, 0.25) is 0 Å². The van der Waals surface area contributed by atoms with E-state index in [4.69, 9.17) is 25.3 Å². The van der Waals surface area contributed by atoms with Crippen LogP contribution in [0.1, 0.15) is 27.7 Å². The number of furan rings is 1. The van der Waals surface area contributed by atoms with E-state index in [9.17, 15) is 0 Å². The predicted octanol–water partition coefficient (Wildman–Crippen LogP) is 5.69. The topological polar surface area (TPSA) is 31.6 Å². The number of rotatable bonds is 1. The molecule has 0 unspecified atom stereocenters. The van der Waals surface area contributed by atoms with Gasteiger partial charge in [0.05, 0.1) is 16.2 Å². The largest absolute Gasteiger partial charge is 0.494 e. The summed E-state index contributed by atoms with van der Waals surface area (Å²) in [5, 5.41) is 4.81. The standard InChI is InChI=1S/C22H20BClO3/c1-21(2)22(3,4)27-23(26-21)14-9-10-16-17-11-13-7-5-6-8-15(13)19(24)20(17)25-18(16)12-14/h5-12H,1-4H3. The molecule has 0 amide bonds. The predicted molar refractivity (Wildman–Crippen MR) is 112 cm³/mol. The highest BCUT2D eigenvalue weighted by Gasteiger charge is 2.51. The Kier molecular flexibility index (Phi) is 3.49. The van der Waals surface area contributed by atoms with Gasteiger partial charge < -0.3 is 13.7 Å². The maximum Gasteiger partial charge on any atom is 0.494 e. The molecule has 1 fully saturated rings. The van der Waals surface area contributed by atoms with E-state index in [2.05, 4.69) is 45.9 Å². The molecular formula is C22H20BClO3. The normalized spacial score (nSPS) is 18.8. The second-order valence-corrected chi connectivity index (χ2v) is 8.61. The summed E-state index contributed by atoms with van der Waals surface area (Å²) in [5.74, 6) is 0. The maximum atomic E-state index is 6.64. The van der Waals surface area contributed by atoms with E-state index in [-0.39, 0.29) is 11.2 Å². The summed E-state index contributed by atoms with van der Waals surface area (Å²) in [4.78, 5) is 0. The molecule has 136 valence electrons. The fourth-order valence-electron chi connectivity index (χ4n) is 3.67. The minimum absolute atomic E-state index is 0.373. The van der Waals surface area contributed by atoms with E-state index in [1.807, 2.05) is 30.3 Å². The Bertz CT molecular complexity index is 1190. The lowest BCUT2D eigenvalue weighted by molar-refractivity contribution is 0.00578. The van der Waals surface area contributed by atoms with Crippen LogP contribution in [0.4, 0.5) is 0 Å². The van der Waals surface area contributed by atoms with E-state index in [0.29, 0.717) is 5.02 Å². The molecule has 0 radical (unpaired) electrons. The number of benzene rings is 3. The molecule has 1 aliphatic rings. The van der Waals surface area contributed by atoms with E-state index in [0.717, 1.165) is 38.2 Å². The quantitative estimate of drug-likeness (QED) is 0.399. The van der Waals surface area contributed by atoms with Gasteiger partial charge in [-0.3, -0.25) is 0 Å². The first kappa shape index (κ1) is 17.1. The summed E-state index contributed by atoms with van der Waals surface area (Å²) in [6.45, 7) is 8.21. The third-order valence-corrected chi connectivity index (χ3v) is 6.35. The van der Waals surface area contributed by atoms with Crippen LogP contribution in [0.2, 0.25) is 5.02 Å². The van der Waals surface area contributed by atoms with Gasteiger partial charge in [0, 0.05) is 16.2 Å². The zero-order valence-electron chi connectivity index (χ0n) is 15.8. The molecule has 0 saturated carbocycles. The highest BCUT2D eigenvalue weighted by Crippen LogP contribution is 2.39. The van der Waals surface area contributed by atoms with Crippen LogP contribution >= 0.6 is 11.6 Å². The SMILES string of the molecule is CC1(C)OB(c2ccc3c(c2)oc2c(Cl)c4ccccc4cc23)OC1(C)C. The molecule has 1 aliphatic heterocycles. The molecule has 3 nitrogen and oxygen atoms in total. The van der Waals surface area contributed by atoms with Crippen molar-refractivity contribution in [2.24, 2.45) is 0 Å². The van der Waals surface area contributed by atoms with Crippen molar-refractivity contribution in [2.45, 2.75) is 38.9 Å². The fraction of sp³-hybridized carbons (Fsp3) is 0.273. The number of halogens is 1. The van der Waals surface area contributed by atoms with Crippen LogP contribution in [0.15, 0.2) is 52.9 Å². The summed E-state index contributed by atoms with van der Waals surface area (Å²) in [7, 11) is -0.415. The van der Waals surface area contributed by atoms with Crippen molar-refractivity contribution in [2.75, 3.05) is 0 Å². The van der Waals surface area contributed by atoms with E-state index in [1.165, 1.54) is 0 Å². The van der Waals surface area contributed by atoms with Crippen molar-refractivity contribution in [3.8, 4) is 0 Å². The van der Waals surface area contributed by atoms with Gasteiger partial charge in [-0.15, -0.1) is 0 Å². The smallest absolute Gasteiger partial charge is 0.454 e. The Hall–Kier alpha value is -2.01. The molecule has 3 aromatic carbocycles. The number of hydrogen-bond donors (Lipinski definition) is 0. The molecule has 0 bridgehead atoms. The third-order valence-electron chi connectivity index (χ3n) is 5.97. The lowest BCUT2D eigenvalue weighted by Gasteiger charge is -2.32.